The van der Waals surface area contributed by atoms with Crippen LogP contribution in [0.3, 0.4) is 0 Å². The molecule has 0 saturated carbocycles. The third-order valence-corrected chi connectivity index (χ3v) is 5.47. The first-order valence-electron chi connectivity index (χ1n) is 7.18. The molecule has 2 rings (SSSR count). The van der Waals surface area contributed by atoms with Crippen molar-refractivity contribution in [2.45, 2.75) is 45.7 Å². The first-order chi connectivity index (χ1) is 8.58. The van der Waals surface area contributed by atoms with Gasteiger partial charge in [0.05, 0.1) is 0 Å². The SMILES string of the molecule is CC1CC(C)C(C)N(C(=O)CC2CSCCN2)C1. The lowest BCUT2D eigenvalue weighted by Crippen LogP contribution is -2.51. The number of amides is 1. The van der Waals surface area contributed by atoms with E-state index in [0.29, 0.717) is 36.2 Å². The fourth-order valence-electron chi connectivity index (χ4n) is 3.12. The van der Waals surface area contributed by atoms with Crippen LogP contribution in [0.15, 0.2) is 0 Å². The first kappa shape index (κ1) is 14.2. The van der Waals surface area contributed by atoms with Crippen LogP contribution in [0.4, 0.5) is 0 Å². The van der Waals surface area contributed by atoms with E-state index in [0.717, 1.165) is 18.8 Å². The maximum Gasteiger partial charge on any atom is 0.224 e. The molecule has 2 heterocycles. The van der Waals surface area contributed by atoms with Crippen LogP contribution in [-0.2, 0) is 4.79 Å². The van der Waals surface area contributed by atoms with Crippen LogP contribution in [0.2, 0.25) is 0 Å². The van der Waals surface area contributed by atoms with E-state index in [4.69, 9.17) is 0 Å². The number of likely N-dealkylation sites (tertiary alicyclic amines) is 1. The Morgan fingerprint density at radius 3 is 2.83 bits per heavy atom. The average Bonchev–Trinajstić information content (AvgIpc) is 2.35. The van der Waals surface area contributed by atoms with Gasteiger partial charge < -0.3 is 10.2 Å². The molecule has 2 saturated heterocycles. The molecule has 0 radical (unpaired) electrons. The summed E-state index contributed by atoms with van der Waals surface area (Å²) >= 11 is 1.96. The highest BCUT2D eigenvalue weighted by molar-refractivity contribution is 7.99. The summed E-state index contributed by atoms with van der Waals surface area (Å²) in [5.74, 6) is 3.89. The summed E-state index contributed by atoms with van der Waals surface area (Å²) < 4.78 is 0. The zero-order chi connectivity index (χ0) is 13.1. The van der Waals surface area contributed by atoms with Gasteiger partial charge in [-0.15, -0.1) is 0 Å². The molecule has 3 nitrogen and oxygen atoms in total. The lowest BCUT2D eigenvalue weighted by molar-refractivity contribution is -0.137. The van der Waals surface area contributed by atoms with Gasteiger partial charge in [-0.3, -0.25) is 4.79 Å². The molecule has 0 aliphatic carbocycles. The normalized spacial score (nSPS) is 37.6. The van der Waals surface area contributed by atoms with E-state index in [9.17, 15) is 4.79 Å². The molecule has 2 aliphatic heterocycles. The van der Waals surface area contributed by atoms with E-state index in [2.05, 4.69) is 31.0 Å². The second kappa shape index (κ2) is 6.29. The monoisotopic (exact) mass is 270 g/mol. The summed E-state index contributed by atoms with van der Waals surface area (Å²) in [6.45, 7) is 8.74. The lowest BCUT2D eigenvalue weighted by atomic mass is 9.85. The molecule has 0 bridgehead atoms. The highest BCUT2D eigenvalue weighted by Crippen LogP contribution is 2.27. The number of nitrogens with zero attached hydrogens (tertiary/aromatic N) is 1. The van der Waals surface area contributed by atoms with Gasteiger partial charge in [-0.2, -0.15) is 11.8 Å². The van der Waals surface area contributed by atoms with Crippen molar-refractivity contribution in [3.8, 4) is 0 Å². The minimum absolute atomic E-state index is 0.348. The number of carbonyl (C=O) groups is 1. The zero-order valence-corrected chi connectivity index (χ0v) is 12.6. The van der Waals surface area contributed by atoms with E-state index < -0.39 is 0 Å². The number of hydrogen-bond donors (Lipinski definition) is 1. The standard InChI is InChI=1S/C14H26N2OS/c1-10-6-11(2)12(3)16(8-10)14(17)7-13-9-18-5-4-15-13/h10-13,15H,4-9H2,1-3H3. The van der Waals surface area contributed by atoms with Crippen LogP contribution >= 0.6 is 11.8 Å². The van der Waals surface area contributed by atoms with Crippen molar-refractivity contribution in [1.29, 1.82) is 0 Å². The Hall–Kier alpha value is -0.220. The van der Waals surface area contributed by atoms with Gasteiger partial charge in [-0.25, -0.2) is 0 Å². The topological polar surface area (TPSA) is 32.3 Å². The Morgan fingerprint density at radius 1 is 1.39 bits per heavy atom. The summed E-state index contributed by atoms with van der Waals surface area (Å²) in [5.41, 5.74) is 0. The van der Waals surface area contributed by atoms with Crippen LogP contribution in [0, 0.1) is 11.8 Å². The second-order valence-electron chi connectivity index (χ2n) is 6.03. The molecular weight excluding hydrogens is 244 g/mol. The predicted octanol–water partition coefficient (Wildman–Crippen LogP) is 1.97. The van der Waals surface area contributed by atoms with Crippen molar-refractivity contribution in [1.82, 2.24) is 10.2 Å². The smallest absolute Gasteiger partial charge is 0.224 e. The molecule has 1 amide bonds. The van der Waals surface area contributed by atoms with Gasteiger partial charge in [0.1, 0.15) is 0 Å². The minimum atomic E-state index is 0.348. The van der Waals surface area contributed by atoms with Gasteiger partial charge in [0.2, 0.25) is 5.91 Å². The Balaban J connectivity index is 1.90. The number of piperidine rings is 1. The number of carbonyl (C=O) groups excluding carboxylic acids is 1. The fourth-order valence-corrected chi connectivity index (χ4v) is 4.07. The van der Waals surface area contributed by atoms with Gasteiger partial charge in [0, 0.05) is 43.1 Å². The quantitative estimate of drug-likeness (QED) is 0.833. The first-order valence-corrected chi connectivity index (χ1v) is 8.34. The molecule has 18 heavy (non-hydrogen) atoms. The number of thioether (sulfide) groups is 1. The third-order valence-electron chi connectivity index (χ3n) is 4.34. The van der Waals surface area contributed by atoms with Gasteiger partial charge in [-0.1, -0.05) is 13.8 Å². The molecule has 0 aromatic rings. The van der Waals surface area contributed by atoms with Gasteiger partial charge in [0.15, 0.2) is 0 Å². The zero-order valence-electron chi connectivity index (χ0n) is 11.8. The molecule has 0 aromatic carbocycles. The van der Waals surface area contributed by atoms with Gasteiger partial charge in [-0.05, 0) is 25.2 Å². The van der Waals surface area contributed by atoms with Crippen molar-refractivity contribution < 1.29 is 4.79 Å². The van der Waals surface area contributed by atoms with Crippen molar-refractivity contribution in [3.05, 3.63) is 0 Å². The molecule has 0 aromatic heterocycles. The number of nitrogens with one attached hydrogen (secondary N) is 1. The van der Waals surface area contributed by atoms with Crippen molar-refractivity contribution in [2.75, 3.05) is 24.6 Å². The summed E-state index contributed by atoms with van der Waals surface area (Å²) in [6, 6.07) is 0.793. The van der Waals surface area contributed by atoms with E-state index in [1.807, 2.05) is 11.8 Å². The van der Waals surface area contributed by atoms with Gasteiger partial charge in [0.25, 0.3) is 0 Å². The van der Waals surface area contributed by atoms with E-state index in [-0.39, 0.29) is 0 Å². The number of hydrogen-bond acceptors (Lipinski definition) is 3. The summed E-state index contributed by atoms with van der Waals surface area (Å²) in [4.78, 5) is 14.6. The average molecular weight is 270 g/mol. The van der Waals surface area contributed by atoms with Crippen LogP contribution in [0.1, 0.15) is 33.6 Å². The second-order valence-corrected chi connectivity index (χ2v) is 7.18. The van der Waals surface area contributed by atoms with Crippen molar-refractivity contribution in [3.63, 3.8) is 0 Å². The van der Waals surface area contributed by atoms with Crippen molar-refractivity contribution >= 4 is 17.7 Å². The van der Waals surface area contributed by atoms with Crippen LogP contribution in [0.5, 0.6) is 0 Å². The maximum atomic E-state index is 12.4. The highest BCUT2D eigenvalue weighted by Gasteiger charge is 2.32. The Kier molecular flexibility index (Phi) is 4.96. The van der Waals surface area contributed by atoms with E-state index in [1.165, 1.54) is 12.2 Å². The predicted molar refractivity (Wildman–Crippen MR) is 77.9 cm³/mol. The minimum Gasteiger partial charge on any atom is -0.339 e. The van der Waals surface area contributed by atoms with E-state index >= 15 is 0 Å². The molecule has 4 heteroatoms. The molecule has 104 valence electrons. The van der Waals surface area contributed by atoms with Crippen LogP contribution in [0.25, 0.3) is 0 Å². The van der Waals surface area contributed by atoms with Crippen LogP contribution < -0.4 is 5.32 Å². The molecule has 4 unspecified atom stereocenters. The fraction of sp³-hybridized carbons (Fsp3) is 0.929. The molecular formula is C14H26N2OS. The summed E-state index contributed by atoms with van der Waals surface area (Å²) in [7, 11) is 0. The largest absolute Gasteiger partial charge is 0.339 e. The Bertz CT molecular complexity index is 292. The van der Waals surface area contributed by atoms with Gasteiger partial charge >= 0.3 is 0 Å². The van der Waals surface area contributed by atoms with E-state index in [1.54, 1.807) is 0 Å². The Morgan fingerprint density at radius 2 is 2.17 bits per heavy atom. The lowest BCUT2D eigenvalue weighted by Gasteiger charge is -2.41. The molecule has 1 N–H and O–H groups in total. The molecule has 2 fully saturated rings. The third kappa shape index (κ3) is 3.41. The summed E-state index contributed by atoms with van der Waals surface area (Å²) in [6.07, 6.45) is 1.93. The molecule has 2 aliphatic rings. The summed E-state index contributed by atoms with van der Waals surface area (Å²) in [5, 5.41) is 3.46. The Labute approximate surface area is 115 Å². The number of rotatable bonds is 2. The van der Waals surface area contributed by atoms with Crippen LogP contribution in [-0.4, -0.2) is 47.5 Å². The van der Waals surface area contributed by atoms with Crippen molar-refractivity contribution in [2.24, 2.45) is 11.8 Å². The highest BCUT2D eigenvalue weighted by atomic mass is 32.2. The molecule has 0 spiro atoms. The maximum absolute atomic E-state index is 12.4. The molecule has 4 atom stereocenters.